The number of rotatable bonds is 4. The Morgan fingerprint density at radius 3 is 2.79 bits per heavy atom. The third-order valence-electron chi connectivity index (χ3n) is 3.84. The number of ether oxygens (including phenoxy) is 1. The van der Waals surface area contributed by atoms with Crippen LogP contribution in [0, 0.1) is 5.82 Å². The van der Waals surface area contributed by atoms with E-state index < -0.39 is 0 Å². The quantitative estimate of drug-likeness (QED) is 0.889. The number of morpholine rings is 1. The molecule has 1 fully saturated rings. The molecule has 1 heterocycles. The van der Waals surface area contributed by atoms with Gasteiger partial charge in [-0.1, -0.05) is 23.7 Å². The Morgan fingerprint density at radius 2 is 2.08 bits per heavy atom. The van der Waals surface area contributed by atoms with Gasteiger partial charge in [-0.05, 0) is 35.9 Å². The number of anilines is 1. The Balaban J connectivity index is 1.77. The summed E-state index contributed by atoms with van der Waals surface area (Å²) in [6.07, 6.45) is 0.303. The second kappa shape index (κ2) is 7.75. The molecule has 0 spiro atoms. The van der Waals surface area contributed by atoms with Crippen molar-refractivity contribution >= 4 is 23.2 Å². The van der Waals surface area contributed by atoms with E-state index in [1.54, 1.807) is 30.3 Å². The van der Waals surface area contributed by atoms with E-state index in [1.807, 2.05) is 0 Å². The van der Waals surface area contributed by atoms with Crippen molar-refractivity contribution in [1.82, 2.24) is 5.32 Å². The zero-order valence-corrected chi connectivity index (χ0v) is 13.8. The number of benzene rings is 2. The van der Waals surface area contributed by atoms with Crippen molar-refractivity contribution in [2.45, 2.75) is 12.5 Å². The molecule has 1 unspecified atom stereocenters. The number of carbonyl (C=O) groups excluding carboxylic acids is 1. The van der Waals surface area contributed by atoms with E-state index in [0.29, 0.717) is 35.9 Å². The van der Waals surface area contributed by atoms with E-state index in [1.165, 1.54) is 12.1 Å². The van der Waals surface area contributed by atoms with Crippen molar-refractivity contribution in [2.75, 3.05) is 25.1 Å². The fourth-order valence-corrected chi connectivity index (χ4v) is 2.80. The molecule has 0 saturated carbocycles. The number of amides is 1. The van der Waals surface area contributed by atoms with Gasteiger partial charge in [0, 0.05) is 35.3 Å². The fourth-order valence-electron chi connectivity index (χ4n) is 2.67. The summed E-state index contributed by atoms with van der Waals surface area (Å²) >= 11 is 5.90. The van der Waals surface area contributed by atoms with Crippen LogP contribution in [0.3, 0.4) is 0 Å². The lowest BCUT2D eigenvalue weighted by Crippen LogP contribution is -2.43. The maximum atomic E-state index is 13.7. The molecule has 0 aliphatic carbocycles. The van der Waals surface area contributed by atoms with Crippen LogP contribution in [0.4, 0.5) is 10.1 Å². The third kappa shape index (κ3) is 4.32. The van der Waals surface area contributed by atoms with Crippen molar-refractivity contribution in [3.05, 3.63) is 53.3 Å². The molecule has 1 aliphatic heterocycles. The summed E-state index contributed by atoms with van der Waals surface area (Å²) in [7, 11) is 0. The van der Waals surface area contributed by atoms with Crippen LogP contribution < -0.4 is 10.6 Å². The molecular weight excluding hydrogens is 331 g/mol. The number of hydrogen-bond acceptors (Lipinski definition) is 3. The summed E-state index contributed by atoms with van der Waals surface area (Å²) in [4.78, 5) is 12.3. The molecule has 4 nitrogen and oxygen atoms in total. The van der Waals surface area contributed by atoms with Gasteiger partial charge >= 0.3 is 0 Å². The molecule has 1 atom stereocenters. The van der Waals surface area contributed by atoms with Crippen molar-refractivity contribution in [1.29, 1.82) is 0 Å². The highest BCUT2D eigenvalue weighted by molar-refractivity contribution is 6.30. The summed E-state index contributed by atoms with van der Waals surface area (Å²) in [6, 6.07) is 11.4. The molecule has 1 aliphatic rings. The van der Waals surface area contributed by atoms with Crippen LogP contribution in [0.25, 0.3) is 11.1 Å². The predicted octanol–water partition coefficient (Wildman–Crippen LogP) is 3.46. The highest BCUT2D eigenvalue weighted by Crippen LogP contribution is 2.30. The monoisotopic (exact) mass is 348 g/mol. The molecule has 24 heavy (non-hydrogen) atoms. The van der Waals surface area contributed by atoms with E-state index in [0.717, 1.165) is 12.1 Å². The molecule has 2 N–H and O–H groups in total. The summed E-state index contributed by atoms with van der Waals surface area (Å²) < 4.78 is 19.0. The first-order valence-electron chi connectivity index (χ1n) is 7.78. The van der Waals surface area contributed by atoms with Gasteiger partial charge in [-0.3, -0.25) is 4.79 Å². The third-order valence-corrected chi connectivity index (χ3v) is 4.09. The Hall–Kier alpha value is -1.95. The minimum Gasteiger partial charge on any atom is -0.378 e. The SMILES string of the molecule is O=C(CC1COCCN1)Nc1ccc(F)cc1-c1ccc(Cl)cc1. The van der Waals surface area contributed by atoms with Crippen LogP contribution in [0.1, 0.15) is 6.42 Å². The lowest BCUT2D eigenvalue weighted by Gasteiger charge is -2.23. The maximum Gasteiger partial charge on any atom is 0.226 e. The Bertz CT molecular complexity index is 715. The van der Waals surface area contributed by atoms with Gasteiger partial charge in [0.2, 0.25) is 5.91 Å². The molecule has 2 aromatic carbocycles. The Kier molecular flexibility index (Phi) is 5.45. The molecule has 126 valence electrons. The first kappa shape index (κ1) is 16.9. The molecule has 0 bridgehead atoms. The van der Waals surface area contributed by atoms with Gasteiger partial charge < -0.3 is 15.4 Å². The van der Waals surface area contributed by atoms with Crippen molar-refractivity contribution in [3.8, 4) is 11.1 Å². The highest BCUT2D eigenvalue weighted by atomic mass is 35.5. The standard InChI is InChI=1S/C18H18ClFN2O2/c19-13-3-1-12(2-4-13)16-9-14(20)5-6-17(16)22-18(23)10-15-11-24-8-7-21-15/h1-6,9,15,21H,7-8,10-11H2,(H,22,23). The van der Waals surface area contributed by atoms with E-state index in [2.05, 4.69) is 10.6 Å². The van der Waals surface area contributed by atoms with Crippen molar-refractivity contribution < 1.29 is 13.9 Å². The fraction of sp³-hybridized carbons (Fsp3) is 0.278. The van der Waals surface area contributed by atoms with Gasteiger partial charge in [-0.15, -0.1) is 0 Å². The number of carbonyl (C=O) groups is 1. The molecular formula is C18H18ClFN2O2. The van der Waals surface area contributed by atoms with Gasteiger partial charge in [0.15, 0.2) is 0 Å². The normalized spacial score (nSPS) is 17.5. The van der Waals surface area contributed by atoms with Crippen LogP contribution in [-0.2, 0) is 9.53 Å². The average molecular weight is 349 g/mol. The topological polar surface area (TPSA) is 50.4 Å². The first-order chi connectivity index (χ1) is 11.6. The van der Waals surface area contributed by atoms with Gasteiger partial charge in [-0.2, -0.15) is 0 Å². The molecule has 2 aromatic rings. The predicted molar refractivity (Wildman–Crippen MR) is 92.7 cm³/mol. The largest absolute Gasteiger partial charge is 0.378 e. The Morgan fingerprint density at radius 1 is 1.29 bits per heavy atom. The van der Waals surface area contributed by atoms with Gasteiger partial charge in [0.1, 0.15) is 5.82 Å². The average Bonchev–Trinajstić information content (AvgIpc) is 2.58. The molecule has 6 heteroatoms. The maximum absolute atomic E-state index is 13.7. The zero-order chi connectivity index (χ0) is 16.9. The lowest BCUT2D eigenvalue weighted by molar-refractivity contribution is -0.117. The number of nitrogens with one attached hydrogen (secondary N) is 2. The van der Waals surface area contributed by atoms with Crippen LogP contribution in [0.5, 0.6) is 0 Å². The lowest BCUT2D eigenvalue weighted by atomic mass is 10.0. The summed E-state index contributed by atoms with van der Waals surface area (Å²) in [5, 5.41) is 6.70. The molecule has 3 rings (SSSR count). The minimum atomic E-state index is -0.361. The summed E-state index contributed by atoms with van der Waals surface area (Å²) in [6.45, 7) is 1.92. The summed E-state index contributed by atoms with van der Waals surface area (Å²) in [5.41, 5.74) is 1.97. The second-order valence-corrected chi connectivity index (χ2v) is 6.11. The molecule has 0 radical (unpaired) electrons. The zero-order valence-electron chi connectivity index (χ0n) is 13.0. The van der Waals surface area contributed by atoms with Gasteiger partial charge in [0.25, 0.3) is 0 Å². The van der Waals surface area contributed by atoms with Crippen LogP contribution in [0.15, 0.2) is 42.5 Å². The number of halogens is 2. The molecule has 1 saturated heterocycles. The van der Waals surface area contributed by atoms with Crippen LogP contribution >= 0.6 is 11.6 Å². The van der Waals surface area contributed by atoms with E-state index in [9.17, 15) is 9.18 Å². The summed E-state index contributed by atoms with van der Waals surface area (Å²) in [5.74, 6) is -0.500. The molecule has 0 aromatic heterocycles. The van der Waals surface area contributed by atoms with E-state index in [4.69, 9.17) is 16.3 Å². The van der Waals surface area contributed by atoms with Gasteiger partial charge in [0.05, 0.1) is 13.2 Å². The number of hydrogen-bond donors (Lipinski definition) is 2. The second-order valence-electron chi connectivity index (χ2n) is 5.68. The van der Waals surface area contributed by atoms with E-state index in [-0.39, 0.29) is 17.8 Å². The van der Waals surface area contributed by atoms with Crippen molar-refractivity contribution in [3.63, 3.8) is 0 Å². The van der Waals surface area contributed by atoms with Crippen molar-refractivity contribution in [2.24, 2.45) is 0 Å². The smallest absolute Gasteiger partial charge is 0.226 e. The molecule has 1 amide bonds. The van der Waals surface area contributed by atoms with Crippen LogP contribution in [-0.4, -0.2) is 31.7 Å². The first-order valence-corrected chi connectivity index (χ1v) is 8.16. The van der Waals surface area contributed by atoms with Crippen LogP contribution in [0.2, 0.25) is 5.02 Å². The van der Waals surface area contributed by atoms with Gasteiger partial charge in [-0.25, -0.2) is 4.39 Å². The highest BCUT2D eigenvalue weighted by Gasteiger charge is 2.18. The van der Waals surface area contributed by atoms with E-state index >= 15 is 0 Å². The minimum absolute atomic E-state index is 0.00168. The Labute approximate surface area is 145 Å².